The Hall–Kier alpha value is -1.81. The third kappa shape index (κ3) is 4.59. The monoisotopic (exact) mass is 268 g/mol. The summed E-state index contributed by atoms with van der Waals surface area (Å²) in [4.78, 5) is 21.9. The lowest BCUT2D eigenvalue weighted by Gasteiger charge is -2.04. The van der Waals surface area contributed by atoms with Crippen LogP contribution >= 0.6 is 11.6 Å². The summed E-state index contributed by atoms with van der Waals surface area (Å²) in [6.45, 7) is 2.00. The summed E-state index contributed by atoms with van der Waals surface area (Å²) in [5, 5.41) is 9.25. The van der Waals surface area contributed by atoms with E-state index in [0.717, 1.165) is 0 Å². The maximum atomic E-state index is 11.2. The van der Waals surface area contributed by atoms with E-state index in [2.05, 4.69) is 0 Å². The number of carboxylic acids is 1. The SMILES string of the molecule is CCOC(=O)C=Cc1cc(Cl)ccc1CC(=O)O. The molecule has 0 heterocycles. The number of benzene rings is 1. The summed E-state index contributed by atoms with van der Waals surface area (Å²) in [5.41, 5.74) is 1.19. The van der Waals surface area contributed by atoms with E-state index in [-0.39, 0.29) is 6.42 Å². The minimum absolute atomic E-state index is 0.125. The summed E-state index contributed by atoms with van der Waals surface area (Å²) < 4.78 is 4.74. The van der Waals surface area contributed by atoms with Crippen molar-refractivity contribution in [1.82, 2.24) is 0 Å². The average Bonchev–Trinajstić information content (AvgIpc) is 2.29. The fourth-order valence-corrected chi connectivity index (χ4v) is 1.57. The third-order valence-corrected chi connectivity index (χ3v) is 2.37. The molecule has 0 radical (unpaired) electrons. The van der Waals surface area contributed by atoms with Gasteiger partial charge in [0.15, 0.2) is 0 Å². The van der Waals surface area contributed by atoms with Crippen LogP contribution in [0.3, 0.4) is 0 Å². The van der Waals surface area contributed by atoms with Crippen LogP contribution in [0.2, 0.25) is 5.02 Å². The van der Waals surface area contributed by atoms with Gasteiger partial charge in [0.1, 0.15) is 0 Å². The summed E-state index contributed by atoms with van der Waals surface area (Å²) in [6, 6.07) is 4.85. The zero-order chi connectivity index (χ0) is 13.5. The van der Waals surface area contributed by atoms with Gasteiger partial charge in [0.05, 0.1) is 13.0 Å². The highest BCUT2D eigenvalue weighted by Gasteiger charge is 2.06. The highest BCUT2D eigenvalue weighted by atomic mass is 35.5. The molecule has 0 spiro atoms. The molecule has 1 aromatic carbocycles. The third-order valence-electron chi connectivity index (χ3n) is 2.14. The largest absolute Gasteiger partial charge is 0.481 e. The van der Waals surface area contributed by atoms with Crippen LogP contribution in [0.1, 0.15) is 18.1 Å². The predicted octanol–water partition coefficient (Wildman–Crippen LogP) is 2.54. The number of halogens is 1. The molecule has 0 saturated carbocycles. The Morgan fingerprint density at radius 2 is 2.17 bits per heavy atom. The van der Waals surface area contributed by atoms with E-state index in [0.29, 0.717) is 22.8 Å². The molecule has 0 atom stereocenters. The molecule has 0 unspecified atom stereocenters. The van der Waals surface area contributed by atoms with Crippen LogP contribution in [-0.2, 0) is 20.7 Å². The highest BCUT2D eigenvalue weighted by molar-refractivity contribution is 6.30. The zero-order valence-corrected chi connectivity index (χ0v) is 10.6. The summed E-state index contributed by atoms with van der Waals surface area (Å²) in [6.07, 6.45) is 2.63. The quantitative estimate of drug-likeness (QED) is 0.658. The molecule has 0 aliphatic heterocycles. The lowest BCUT2D eigenvalue weighted by atomic mass is 10.0. The molecule has 4 nitrogen and oxygen atoms in total. The van der Waals surface area contributed by atoms with E-state index in [1.54, 1.807) is 25.1 Å². The number of rotatable bonds is 5. The van der Waals surface area contributed by atoms with Gasteiger partial charge in [0.25, 0.3) is 0 Å². The number of ether oxygens (including phenoxy) is 1. The number of carbonyl (C=O) groups is 2. The van der Waals surface area contributed by atoms with E-state index in [4.69, 9.17) is 21.4 Å². The van der Waals surface area contributed by atoms with Crippen molar-refractivity contribution >= 4 is 29.6 Å². The highest BCUT2D eigenvalue weighted by Crippen LogP contribution is 2.18. The van der Waals surface area contributed by atoms with Gasteiger partial charge in [-0.1, -0.05) is 17.7 Å². The number of carboxylic acid groups (broad SMARTS) is 1. The smallest absolute Gasteiger partial charge is 0.330 e. The Bertz CT molecular complexity index is 480. The molecule has 0 aliphatic rings. The molecule has 96 valence electrons. The second-order valence-corrected chi connectivity index (χ2v) is 3.94. The summed E-state index contributed by atoms with van der Waals surface area (Å²) in [7, 11) is 0. The van der Waals surface area contributed by atoms with Crippen LogP contribution < -0.4 is 0 Å². The number of hydrogen-bond acceptors (Lipinski definition) is 3. The Labute approximate surface area is 110 Å². The van der Waals surface area contributed by atoms with Crippen LogP contribution in [0, 0.1) is 0 Å². The van der Waals surface area contributed by atoms with Gasteiger partial charge >= 0.3 is 11.9 Å². The van der Waals surface area contributed by atoms with Gasteiger partial charge in [0, 0.05) is 11.1 Å². The van der Waals surface area contributed by atoms with Crippen molar-refractivity contribution in [2.24, 2.45) is 0 Å². The Kier molecular flexibility index (Phi) is 5.39. The van der Waals surface area contributed by atoms with Crippen LogP contribution in [0.4, 0.5) is 0 Å². The van der Waals surface area contributed by atoms with Crippen molar-refractivity contribution < 1.29 is 19.4 Å². The first-order chi connectivity index (χ1) is 8.52. The first-order valence-electron chi connectivity index (χ1n) is 5.38. The maximum Gasteiger partial charge on any atom is 0.330 e. The second kappa shape index (κ2) is 6.81. The molecule has 5 heteroatoms. The Balaban J connectivity index is 2.94. The fraction of sp³-hybridized carbons (Fsp3) is 0.231. The molecule has 1 N–H and O–H groups in total. The Morgan fingerprint density at radius 1 is 1.44 bits per heavy atom. The first-order valence-corrected chi connectivity index (χ1v) is 5.75. The maximum absolute atomic E-state index is 11.2. The molecular formula is C13H13ClO4. The van der Waals surface area contributed by atoms with E-state index in [1.165, 1.54) is 12.2 Å². The zero-order valence-electron chi connectivity index (χ0n) is 9.85. The normalized spacial score (nSPS) is 10.6. The average molecular weight is 269 g/mol. The van der Waals surface area contributed by atoms with Crippen LogP contribution in [-0.4, -0.2) is 23.7 Å². The van der Waals surface area contributed by atoms with E-state index >= 15 is 0 Å². The molecule has 1 aromatic rings. The molecule has 0 saturated heterocycles. The lowest BCUT2D eigenvalue weighted by Crippen LogP contribution is -2.02. The van der Waals surface area contributed by atoms with Crippen molar-refractivity contribution in [3.8, 4) is 0 Å². The Morgan fingerprint density at radius 3 is 2.78 bits per heavy atom. The van der Waals surface area contributed by atoms with Gasteiger partial charge in [-0.2, -0.15) is 0 Å². The summed E-state index contributed by atoms with van der Waals surface area (Å²) >= 11 is 5.83. The molecule has 0 bridgehead atoms. The topological polar surface area (TPSA) is 63.6 Å². The molecule has 1 rings (SSSR count). The van der Waals surface area contributed by atoms with Crippen molar-refractivity contribution in [3.63, 3.8) is 0 Å². The molecule has 0 fully saturated rings. The first kappa shape index (κ1) is 14.3. The molecule has 0 aliphatic carbocycles. The number of hydrogen-bond donors (Lipinski definition) is 1. The van der Waals surface area contributed by atoms with E-state index < -0.39 is 11.9 Å². The van der Waals surface area contributed by atoms with Gasteiger partial charge < -0.3 is 9.84 Å². The lowest BCUT2D eigenvalue weighted by molar-refractivity contribution is -0.137. The van der Waals surface area contributed by atoms with Crippen molar-refractivity contribution in [2.75, 3.05) is 6.61 Å². The standard InChI is InChI=1S/C13H13ClO4/c1-2-18-13(17)6-4-9-7-11(14)5-3-10(9)8-12(15)16/h3-7H,2,8H2,1H3,(H,15,16). The minimum atomic E-state index is -0.942. The second-order valence-electron chi connectivity index (χ2n) is 3.50. The molecular weight excluding hydrogens is 256 g/mol. The van der Waals surface area contributed by atoms with E-state index in [9.17, 15) is 9.59 Å². The minimum Gasteiger partial charge on any atom is -0.481 e. The summed E-state index contributed by atoms with van der Waals surface area (Å²) in [5.74, 6) is -1.41. The number of aliphatic carboxylic acids is 1. The van der Waals surface area contributed by atoms with Crippen LogP contribution in [0.5, 0.6) is 0 Å². The molecule has 0 amide bonds. The van der Waals surface area contributed by atoms with Gasteiger partial charge in [-0.05, 0) is 36.3 Å². The van der Waals surface area contributed by atoms with Gasteiger partial charge in [0.2, 0.25) is 0 Å². The van der Waals surface area contributed by atoms with Gasteiger partial charge in [-0.25, -0.2) is 4.79 Å². The fourth-order valence-electron chi connectivity index (χ4n) is 1.39. The number of esters is 1. The van der Waals surface area contributed by atoms with E-state index in [1.807, 2.05) is 0 Å². The molecule has 0 aromatic heterocycles. The van der Waals surface area contributed by atoms with Crippen LogP contribution in [0.25, 0.3) is 6.08 Å². The van der Waals surface area contributed by atoms with Crippen molar-refractivity contribution in [3.05, 3.63) is 40.4 Å². The molecule has 18 heavy (non-hydrogen) atoms. The number of carbonyl (C=O) groups excluding carboxylic acids is 1. The van der Waals surface area contributed by atoms with Crippen molar-refractivity contribution in [1.29, 1.82) is 0 Å². The predicted molar refractivity (Wildman–Crippen MR) is 68.5 cm³/mol. The van der Waals surface area contributed by atoms with Gasteiger partial charge in [-0.15, -0.1) is 0 Å². The van der Waals surface area contributed by atoms with Gasteiger partial charge in [-0.3, -0.25) is 4.79 Å². The van der Waals surface area contributed by atoms with Crippen LogP contribution in [0.15, 0.2) is 24.3 Å². The van der Waals surface area contributed by atoms with Crippen molar-refractivity contribution in [2.45, 2.75) is 13.3 Å².